The molecule has 1 heterocycles. The molecule has 1 rings (SSSR count). The average molecular weight is 161 g/mol. The lowest BCUT2D eigenvalue weighted by Crippen LogP contribution is -2.17. The van der Waals surface area contributed by atoms with Gasteiger partial charge in [0.1, 0.15) is 5.69 Å². The van der Waals surface area contributed by atoms with Gasteiger partial charge in [-0.05, 0) is 12.1 Å². The van der Waals surface area contributed by atoms with Gasteiger partial charge in [0.2, 0.25) is 0 Å². The number of hydrogen-bond donors (Lipinski definition) is 0. The first-order chi connectivity index (χ1) is 5.17. The molecule has 60 valence electrons. The summed E-state index contributed by atoms with van der Waals surface area (Å²) < 4.78 is 36.6. The summed E-state index contributed by atoms with van der Waals surface area (Å²) in [6.07, 6.45) is 1.21. The van der Waals surface area contributed by atoms with Crippen molar-refractivity contribution in [1.82, 2.24) is 4.98 Å². The highest BCUT2D eigenvalue weighted by Crippen LogP contribution is 2.25. The number of pyridine rings is 1. The molecule has 1 aromatic heterocycles. The summed E-state index contributed by atoms with van der Waals surface area (Å²) >= 11 is 0. The van der Waals surface area contributed by atoms with E-state index in [9.17, 15) is 13.2 Å². The van der Waals surface area contributed by atoms with Gasteiger partial charge in [-0.2, -0.15) is 8.78 Å². The largest absolute Gasteiger partial charge is 0.317 e. The second-order valence-corrected chi connectivity index (χ2v) is 2.05. The summed E-state index contributed by atoms with van der Waals surface area (Å²) in [5.41, 5.74) is -0.525. The van der Waals surface area contributed by atoms with Crippen LogP contribution in [0.4, 0.5) is 13.2 Å². The molecule has 0 saturated heterocycles. The molecule has 0 spiro atoms. The predicted molar refractivity (Wildman–Crippen MR) is 34.1 cm³/mol. The van der Waals surface area contributed by atoms with E-state index in [1.807, 2.05) is 0 Å². The number of hydrogen-bond acceptors (Lipinski definition) is 1. The molecule has 0 unspecified atom stereocenters. The summed E-state index contributed by atoms with van der Waals surface area (Å²) in [5.74, 6) is -3.44. The molecule has 0 aliphatic heterocycles. The van der Waals surface area contributed by atoms with Crippen LogP contribution in [0.1, 0.15) is 5.69 Å². The van der Waals surface area contributed by atoms with Crippen molar-refractivity contribution >= 4 is 0 Å². The van der Waals surface area contributed by atoms with E-state index in [4.69, 9.17) is 0 Å². The second-order valence-electron chi connectivity index (χ2n) is 2.05. The maximum Gasteiger partial charge on any atom is 0.317 e. The van der Waals surface area contributed by atoms with Crippen LogP contribution in [0.2, 0.25) is 0 Å². The van der Waals surface area contributed by atoms with Gasteiger partial charge < -0.3 is 0 Å². The minimum absolute atomic E-state index is 0.525. The Hall–Kier alpha value is -1.06. The van der Waals surface area contributed by atoms with Crippen molar-refractivity contribution in [2.75, 3.05) is 6.67 Å². The smallest absolute Gasteiger partial charge is 0.255 e. The van der Waals surface area contributed by atoms with Crippen molar-refractivity contribution in [3.63, 3.8) is 0 Å². The van der Waals surface area contributed by atoms with E-state index in [2.05, 4.69) is 4.98 Å². The Balaban J connectivity index is 2.93. The third-order valence-corrected chi connectivity index (χ3v) is 1.21. The van der Waals surface area contributed by atoms with Crippen LogP contribution in [-0.2, 0) is 5.92 Å². The Morgan fingerprint density at radius 1 is 1.36 bits per heavy atom. The molecule has 11 heavy (non-hydrogen) atoms. The normalized spacial score (nSPS) is 11.5. The average Bonchev–Trinajstić information content (AvgIpc) is 2.06. The van der Waals surface area contributed by atoms with Crippen LogP contribution in [0.25, 0.3) is 0 Å². The SMILES string of the molecule is FCC(F)(F)c1ccccn1. The number of halogens is 3. The first-order valence-corrected chi connectivity index (χ1v) is 3.02. The molecular weight excluding hydrogens is 155 g/mol. The highest BCUT2D eigenvalue weighted by Gasteiger charge is 2.32. The molecule has 0 aliphatic rings. The second kappa shape index (κ2) is 2.90. The van der Waals surface area contributed by atoms with E-state index < -0.39 is 18.3 Å². The van der Waals surface area contributed by atoms with Gasteiger partial charge in [0.15, 0.2) is 6.67 Å². The topological polar surface area (TPSA) is 12.9 Å². The molecule has 0 radical (unpaired) electrons. The standard InChI is InChI=1S/C7H6F3N/c8-5-7(9,10)6-3-1-2-4-11-6/h1-4H,5H2. The molecule has 0 atom stereocenters. The molecule has 1 aromatic rings. The molecule has 0 aromatic carbocycles. The zero-order valence-corrected chi connectivity index (χ0v) is 5.60. The van der Waals surface area contributed by atoms with Crippen LogP contribution in [0.5, 0.6) is 0 Å². The maximum atomic E-state index is 12.4. The van der Waals surface area contributed by atoms with E-state index in [-0.39, 0.29) is 0 Å². The fourth-order valence-corrected chi connectivity index (χ4v) is 0.648. The van der Waals surface area contributed by atoms with E-state index in [1.54, 1.807) is 0 Å². The lowest BCUT2D eigenvalue weighted by Gasteiger charge is -2.09. The minimum atomic E-state index is -3.44. The van der Waals surface area contributed by atoms with Crippen molar-refractivity contribution in [3.8, 4) is 0 Å². The molecule has 0 amide bonds. The Bertz CT molecular complexity index is 222. The van der Waals surface area contributed by atoms with Gasteiger partial charge in [-0.25, -0.2) is 4.39 Å². The van der Waals surface area contributed by atoms with Crippen molar-refractivity contribution in [3.05, 3.63) is 30.1 Å². The van der Waals surface area contributed by atoms with Crippen LogP contribution in [0, 0.1) is 0 Å². The molecular formula is C7H6F3N. The summed E-state index contributed by atoms with van der Waals surface area (Å²) in [6, 6.07) is 3.99. The molecule has 1 nitrogen and oxygen atoms in total. The highest BCUT2D eigenvalue weighted by molar-refractivity contribution is 5.09. The molecule has 0 aliphatic carbocycles. The van der Waals surface area contributed by atoms with E-state index in [0.29, 0.717) is 0 Å². The van der Waals surface area contributed by atoms with Crippen LogP contribution < -0.4 is 0 Å². The molecule has 0 saturated carbocycles. The zero-order valence-electron chi connectivity index (χ0n) is 5.60. The highest BCUT2D eigenvalue weighted by atomic mass is 19.3. The van der Waals surface area contributed by atoms with Gasteiger partial charge in [0, 0.05) is 6.20 Å². The summed E-state index contributed by atoms with van der Waals surface area (Å²) in [6.45, 7) is -1.70. The van der Waals surface area contributed by atoms with Gasteiger partial charge in [-0.1, -0.05) is 6.07 Å². The molecule has 0 fully saturated rings. The van der Waals surface area contributed by atoms with Gasteiger partial charge in [0.25, 0.3) is 0 Å². The number of alkyl halides is 3. The number of nitrogens with zero attached hydrogens (tertiary/aromatic N) is 1. The Labute approximate surface area is 61.9 Å². The van der Waals surface area contributed by atoms with Gasteiger partial charge in [-0.3, -0.25) is 4.98 Å². The lowest BCUT2D eigenvalue weighted by molar-refractivity contribution is -0.0321. The first kappa shape index (κ1) is 8.04. The number of rotatable bonds is 2. The predicted octanol–water partition coefficient (Wildman–Crippen LogP) is 2.14. The van der Waals surface area contributed by atoms with Crippen molar-refractivity contribution in [2.45, 2.75) is 5.92 Å². The van der Waals surface area contributed by atoms with Gasteiger partial charge >= 0.3 is 5.92 Å². The van der Waals surface area contributed by atoms with E-state index in [0.717, 1.165) is 6.07 Å². The lowest BCUT2D eigenvalue weighted by atomic mass is 10.2. The van der Waals surface area contributed by atoms with Crippen LogP contribution in [0.3, 0.4) is 0 Å². The van der Waals surface area contributed by atoms with Gasteiger partial charge in [-0.15, -0.1) is 0 Å². The fraction of sp³-hybridized carbons (Fsp3) is 0.286. The number of aromatic nitrogens is 1. The van der Waals surface area contributed by atoms with Gasteiger partial charge in [0.05, 0.1) is 0 Å². The van der Waals surface area contributed by atoms with Crippen LogP contribution >= 0.6 is 0 Å². The summed E-state index contributed by atoms with van der Waals surface area (Å²) in [7, 11) is 0. The molecule has 0 N–H and O–H groups in total. The van der Waals surface area contributed by atoms with E-state index >= 15 is 0 Å². The molecule has 4 heteroatoms. The third kappa shape index (κ3) is 1.69. The monoisotopic (exact) mass is 161 g/mol. The van der Waals surface area contributed by atoms with E-state index in [1.165, 1.54) is 18.3 Å². The Kier molecular flexibility index (Phi) is 2.12. The Morgan fingerprint density at radius 2 is 2.09 bits per heavy atom. The van der Waals surface area contributed by atoms with Crippen LogP contribution in [-0.4, -0.2) is 11.7 Å². The minimum Gasteiger partial charge on any atom is -0.255 e. The molecule has 0 bridgehead atoms. The van der Waals surface area contributed by atoms with Crippen molar-refractivity contribution < 1.29 is 13.2 Å². The quantitative estimate of drug-likeness (QED) is 0.647. The summed E-state index contributed by atoms with van der Waals surface area (Å²) in [5, 5.41) is 0. The Morgan fingerprint density at radius 3 is 2.55 bits per heavy atom. The van der Waals surface area contributed by atoms with Crippen LogP contribution in [0.15, 0.2) is 24.4 Å². The first-order valence-electron chi connectivity index (χ1n) is 3.02. The zero-order chi connectivity index (χ0) is 8.32. The third-order valence-electron chi connectivity index (χ3n) is 1.21. The summed E-state index contributed by atoms with van der Waals surface area (Å²) in [4.78, 5) is 3.33. The maximum absolute atomic E-state index is 12.4. The van der Waals surface area contributed by atoms with Crippen molar-refractivity contribution in [2.24, 2.45) is 0 Å². The fourth-order valence-electron chi connectivity index (χ4n) is 0.648. The van der Waals surface area contributed by atoms with Crippen molar-refractivity contribution in [1.29, 1.82) is 0 Å².